The smallest absolute Gasteiger partial charge is 0.253 e. The number of nitrogens with one attached hydrogen (secondary N) is 1. The topological polar surface area (TPSA) is 92.5 Å². The zero-order valence-electron chi connectivity index (χ0n) is 16.1. The van der Waals surface area contributed by atoms with Crippen LogP contribution in [0.5, 0.6) is 0 Å². The Morgan fingerprint density at radius 2 is 1.79 bits per heavy atom. The van der Waals surface area contributed by atoms with Crippen LogP contribution in [0.1, 0.15) is 35.2 Å². The summed E-state index contributed by atoms with van der Waals surface area (Å²) in [5, 5.41) is 0. The quantitative estimate of drug-likeness (QED) is 0.778. The molecule has 7 heteroatoms. The molecule has 1 amide bonds. The molecule has 2 aromatic carbocycles. The maximum atomic E-state index is 12.9. The number of rotatable bonds is 6. The van der Waals surface area contributed by atoms with E-state index in [1.54, 1.807) is 24.3 Å². The molecule has 1 aliphatic heterocycles. The van der Waals surface area contributed by atoms with Crippen LogP contribution in [-0.4, -0.2) is 45.1 Å². The van der Waals surface area contributed by atoms with Crippen molar-refractivity contribution in [1.82, 2.24) is 4.90 Å². The van der Waals surface area contributed by atoms with Crippen LogP contribution in [-0.2, 0) is 15.4 Å². The third kappa shape index (κ3) is 4.72. The second-order valence-electron chi connectivity index (χ2n) is 7.43. The van der Waals surface area contributed by atoms with Gasteiger partial charge in [-0.1, -0.05) is 36.4 Å². The number of carbonyl (C=O) groups excluding carboxylic acids is 1. The highest BCUT2D eigenvalue weighted by Crippen LogP contribution is 2.38. The summed E-state index contributed by atoms with van der Waals surface area (Å²) in [6, 6.07) is 17.0. The number of nitrogens with zero attached hydrogens (tertiary/aromatic N) is 1. The van der Waals surface area contributed by atoms with Gasteiger partial charge in [-0.2, -0.15) is 0 Å². The molecule has 1 aliphatic rings. The summed E-state index contributed by atoms with van der Waals surface area (Å²) in [6.07, 6.45) is 3.71. The summed E-state index contributed by atoms with van der Waals surface area (Å²) in [5.74, 6) is -0.0773. The number of piperidine rings is 1. The largest absolute Gasteiger partial charge is 0.339 e. The molecule has 6 nitrogen and oxygen atoms in total. The summed E-state index contributed by atoms with van der Waals surface area (Å²) in [4.78, 5) is 14.8. The molecule has 28 heavy (non-hydrogen) atoms. The summed E-state index contributed by atoms with van der Waals surface area (Å²) in [7, 11) is -3.38. The van der Waals surface area contributed by atoms with E-state index < -0.39 is 10.0 Å². The Balaban J connectivity index is 1.74. The van der Waals surface area contributed by atoms with E-state index in [1.165, 1.54) is 5.56 Å². The lowest BCUT2D eigenvalue weighted by molar-refractivity contribution is 0.0660. The Bertz CT molecular complexity index is 921. The summed E-state index contributed by atoms with van der Waals surface area (Å²) >= 11 is 0. The zero-order valence-corrected chi connectivity index (χ0v) is 16.9. The van der Waals surface area contributed by atoms with Crippen LogP contribution in [0.3, 0.4) is 0 Å². The fourth-order valence-electron chi connectivity index (χ4n) is 4.00. The molecule has 0 radical (unpaired) electrons. The molecule has 1 saturated heterocycles. The van der Waals surface area contributed by atoms with Crippen molar-refractivity contribution in [3.8, 4) is 0 Å². The van der Waals surface area contributed by atoms with E-state index >= 15 is 0 Å². The molecule has 3 N–H and O–H groups in total. The minimum Gasteiger partial charge on any atom is -0.339 e. The van der Waals surface area contributed by atoms with Gasteiger partial charge >= 0.3 is 0 Å². The van der Waals surface area contributed by atoms with Crippen LogP contribution >= 0.6 is 0 Å². The van der Waals surface area contributed by atoms with Crippen LogP contribution in [0.15, 0.2) is 54.6 Å². The first-order valence-electron chi connectivity index (χ1n) is 9.46. The van der Waals surface area contributed by atoms with E-state index in [2.05, 4.69) is 16.9 Å². The van der Waals surface area contributed by atoms with Gasteiger partial charge in [-0.3, -0.25) is 9.52 Å². The predicted molar refractivity (Wildman–Crippen MR) is 112 cm³/mol. The van der Waals surface area contributed by atoms with Crippen LogP contribution < -0.4 is 10.5 Å². The highest BCUT2D eigenvalue weighted by Gasteiger charge is 2.36. The second-order valence-corrected chi connectivity index (χ2v) is 9.18. The first kappa shape index (κ1) is 20.4. The van der Waals surface area contributed by atoms with Gasteiger partial charge < -0.3 is 10.6 Å². The molecule has 0 saturated carbocycles. The average Bonchev–Trinajstić information content (AvgIpc) is 2.68. The minimum atomic E-state index is -3.38. The van der Waals surface area contributed by atoms with Crippen molar-refractivity contribution in [3.63, 3.8) is 0 Å². The second kappa shape index (κ2) is 8.32. The van der Waals surface area contributed by atoms with Crippen molar-refractivity contribution in [1.29, 1.82) is 0 Å². The average molecular weight is 402 g/mol. The third-order valence-corrected chi connectivity index (χ3v) is 6.04. The van der Waals surface area contributed by atoms with Crippen molar-refractivity contribution in [2.24, 2.45) is 5.73 Å². The lowest BCUT2D eigenvalue weighted by Gasteiger charge is -2.42. The third-order valence-electron chi connectivity index (χ3n) is 5.43. The van der Waals surface area contributed by atoms with Crippen molar-refractivity contribution < 1.29 is 13.2 Å². The van der Waals surface area contributed by atoms with Gasteiger partial charge in [0.2, 0.25) is 10.0 Å². The maximum absolute atomic E-state index is 12.9. The number of nitrogens with two attached hydrogens (primary N) is 1. The minimum absolute atomic E-state index is 0.00643. The predicted octanol–water partition coefficient (Wildman–Crippen LogP) is 2.58. The van der Waals surface area contributed by atoms with Crippen LogP contribution in [0.25, 0.3) is 0 Å². The van der Waals surface area contributed by atoms with E-state index in [0.29, 0.717) is 30.9 Å². The fraction of sp³-hybridized carbons (Fsp3) is 0.381. The Kier molecular flexibility index (Phi) is 6.05. The SMILES string of the molecule is CS(=O)(=O)Nc1cccc(C(=O)N2CCC(CCN)(c3ccccc3)CC2)c1. The Hall–Kier alpha value is -2.38. The van der Waals surface area contributed by atoms with Gasteiger partial charge in [-0.05, 0) is 55.0 Å². The number of sulfonamides is 1. The zero-order chi connectivity index (χ0) is 20.2. The Labute approximate surface area is 166 Å². The van der Waals surface area contributed by atoms with Gasteiger partial charge in [0.15, 0.2) is 0 Å². The standard InChI is InChI=1S/C21H27N3O3S/c1-28(26,27)23-19-9-5-6-17(16-19)20(25)24-14-11-21(10-13-22,12-15-24)18-7-3-2-4-8-18/h2-9,16,23H,10-15,22H2,1H3. The maximum Gasteiger partial charge on any atom is 0.253 e. The van der Waals surface area contributed by atoms with Gasteiger partial charge in [0.1, 0.15) is 0 Å². The lowest BCUT2D eigenvalue weighted by atomic mass is 9.70. The van der Waals surface area contributed by atoms with Crippen LogP contribution in [0.2, 0.25) is 0 Å². The molecule has 1 fully saturated rings. The number of likely N-dealkylation sites (tertiary alicyclic amines) is 1. The summed E-state index contributed by atoms with van der Waals surface area (Å²) in [6.45, 7) is 1.91. The number of hydrogen-bond acceptors (Lipinski definition) is 4. The van der Waals surface area contributed by atoms with Gasteiger partial charge in [-0.25, -0.2) is 8.42 Å². The molecule has 150 valence electrons. The molecule has 0 atom stereocenters. The van der Waals surface area contributed by atoms with Crippen molar-refractivity contribution >= 4 is 21.6 Å². The van der Waals surface area contributed by atoms with Crippen LogP contribution in [0.4, 0.5) is 5.69 Å². The van der Waals surface area contributed by atoms with Crippen molar-refractivity contribution in [2.75, 3.05) is 30.6 Å². The molecule has 0 spiro atoms. The van der Waals surface area contributed by atoms with Gasteiger partial charge in [0.05, 0.1) is 6.26 Å². The van der Waals surface area contributed by atoms with Crippen molar-refractivity contribution in [3.05, 3.63) is 65.7 Å². The molecule has 1 heterocycles. The normalized spacial score (nSPS) is 16.6. The molecule has 3 rings (SSSR count). The van der Waals surface area contributed by atoms with E-state index in [4.69, 9.17) is 5.73 Å². The van der Waals surface area contributed by atoms with E-state index in [9.17, 15) is 13.2 Å². The molecule has 0 unspecified atom stereocenters. The first-order chi connectivity index (χ1) is 13.3. The number of carbonyl (C=O) groups is 1. The molecular formula is C21H27N3O3S. The lowest BCUT2D eigenvalue weighted by Crippen LogP contribution is -2.46. The van der Waals surface area contributed by atoms with Gasteiger partial charge in [0.25, 0.3) is 5.91 Å². The Morgan fingerprint density at radius 1 is 1.11 bits per heavy atom. The number of amides is 1. The number of anilines is 1. The van der Waals surface area contributed by atoms with E-state index in [0.717, 1.165) is 25.5 Å². The monoisotopic (exact) mass is 401 g/mol. The molecular weight excluding hydrogens is 374 g/mol. The summed E-state index contributed by atoms with van der Waals surface area (Å²) < 4.78 is 25.3. The first-order valence-corrected chi connectivity index (χ1v) is 11.3. The number of benzene rings is 2. The van der Waals surface area contributed by atoms with E-state index in [-0.39, 0.29) is 11.3 Å². The summed E-state index contributed by atoms with van der Waals surface area (Å²) in [5.41, 5.74) is 8.07. The van der Waals surface area contributed by atoms with Crippen LogP contribution in [0, 0.1) is 0 Å². The van der Waals surface area contributed by atoms with Gasteiger partial charge in [-0.15, -0.1) is 0 Å². The highest BCUT2D eigenvalue weighted by atomic mass is 32.2. The van der Waals surface area contributed by atoms with Crippen molar-refractivity contribution in [2.45, 2.75) is 24.7 Å². The Morgan fingerprint density at radius 3 is 2.39 bits per heavy atom. The van der Waals surface area contributed by atoms with E-state index in [1.807, 2.05) is 23.1 Å². The molecule has 0 aliphatic carbocycles. The highest BCUT2D eigenvalue weighted by molar-refractivity contribution is 7.92. The molecule has 2 aromatic rings. The van der Waals surface area contributed by atoms with Gasteiger partial charge in [0, 0.05) is 24.3 Å². The molecule has 0 aromatic heterocycles. The number of hydrogen-bond donors (Lipinski definition) is 2. The molecule has 0 bridgehead atoms. The fourth-order valence-corrected chi connectivity index (χ4v) is 4.56.